The van der Waals surface area contributed by atoms with Crippen molar-refractivity contribution in [3.8, 4) is 0 Å². The van der Waals surface area contributed by atoms with E-state index in [1.165, 1.54) is 24.0 Å². The number of carbonyl (C=O) groups is 1. The number of amides is 2. The van der Waals surface area contributed by atoms with E-state index in [4.69, 9.17) is 0 Å². The van der Waals surface area contributed by atoms with Crippen molar-refractivity contribution in [3.63, 3.8) is 0 Å². The number of fused-ring (bicyclic) bond motifs is 3. The lowest BCUT2D eigenvalue weighted by atomic mass is 9.90. The molecule has 5 rings (SSSR count). The van der Waals surface area contributed by atoms with Crippen LogP contribution in [-0.2, 0) is 12.8 Å². The number of rotatable bonds is 1. The van der Waals surface area contributed by atoms with Crippen molar-refractivity contribution in [2.75, 3.05) is 10.2 Å². The van der Waals surface area contributed by atoms with Crippen LogP contribution in [0.4, 0.5) is 21.9 Å². The van der Waals surface area contributed by atoms with Gasteiger partial charge in [0.15, 0.2) is 0 Å². The van der Waals surface area contributed by atoms with Gasteiger partial charge in [0.25, 0.3) is 0 Å². The van der Waals surface area contributed by atoms with E-state index in [0.717, 1.165) is 39.7 Å². The van der Waals surface area contributed by atoms with Gasteiger partial charge in [0, 0.05) is 15.5 Å². The summed E-state index contributed by atoms with van der Waals surface area (Å²) in [6.45, 7) is 0. The Kier molecular flexibility index (Phi) is 4.13. The number of hydrogen-bond donors (Lipinski definition) is 1. The molecular weight excluding hydrogens is 352 g/mol. The minimum Gasteiger partial charge on any atom is -0.307 e. The number of nitrogens with zero attached hydrogens (tertiary/aromatic N) is 1. The van der Waals surface area contributed by atoms with E-state index in [1.807, 2.05) is 53.4 Å². The number of carbonyl (C=O) groups excluding carboxylic acids is 1. The standard InChI is InChI=1S/C23H20N2OS/c26-23(24-18-11-7-9-16-8-1-2-10-17(16)18)25-19-12-3-5-14-21(19)27-22-15-6-4-13-20(22)25/h3-7,9,11-15H,1-2,8,10H2,(H,24,26). The number of urea groups is 1. The summed E-state index contributed by atoms with van der Waals surface area (Å²) >= 11 is 1.71. The van der Waals surface area contributed by atoms with Gasteiger partial charge in [0.05, 0.1) is 11.4 Å². The molecule has 4 heteroatoms. The van der Waals surface area contributed by atoms with Crippen molar-refractivity contribution in [2.24, 2.45) is 0 Å². The highest BCUT2D eigenvalue weighted by Gasteiger charge is 2.28. The van der Waals surface area contributed by atoms with Crippen LogP contribution in [0.1, 0.15) is 24.0 Å². The molecule has 0 bridgehead atoms. The molecule has 0 atom stereocenters. The van der Waals surface area contributed by atoms with Gasteiger partial charge < -0.3 is 5.32 Å². The SMILES string of the molecule is O=C(Nc1cccc2c1CCCC2)N1c2ccccc2Sc2ccccc21. The van der Waals surface area contributed by atoms with Gasteiger partial charge in [-0.05, 0) is 67.1 Å². The van der Waals surface area contributed by atoms with E-state index < -0.39 is 0 Å². The van der Waals surface area contributed by atoms with Crippen LogP contribution >= 0.6 is 11.8 Å². The zero-order valence-corrected chi connectivity index (χ0v) is 15.8. The van der Waals surface area contributed by atoms with Crippen LogP contribution in [-0.4, -0.2) is 6.03 Å². The summed E-state index contributed by atoms with van der Waals surface area (Å²) in [5.74, 6) is 0. The zero-order chi connectivity index (χ0) is 18.2. The van der Waals surface area contributed by atoms with Crippen LogP contribution in [0.3, 0.4) is 0 Å². The molecule has 2 aliphatic rings. The number of para-hydroxylation sites is 2. The summed E-state index contributed by atoms with van der Waals surface area (Å²) in [6.07, 6.45) is 4.56. The maximum absolute atomic E-state index is 13.4. The van der Waals surface area contributed by atoms with Crippen molar-refractivity contribution >= 4 is 34.9 Å². The van der Waals surface area contributed by atoms with Crippen LogP contribution < -0.4 is 10.2 Å². The lowest BCUT2D eigenvalue weighted by molar-refractivity contribution is 0.258. The highest BCUT2D eigenvalue weighted by molar-refractivity contribution is 7.99. The minimum atomic E-state index is -0.103. The molecule has 27 heavy (non-hydrogen) atoms. The van der Waals surface area contributed by atoms with E-state index in [1.54, 1.807) is 11.8 Å². The molecule has 1 heterocycles. The van der Waals surface area contributed by atoms with Gasteiger partial charge in [0.1, 0.15) is 0 Å². The van der Waals surface area contributed by atoms with Gasteiger partial charge in [-0.25, -0.2) is 4.79 Å². The highest BCUT2D eigenvalue weighted by Crippen LogP contribution is 2.48. The quantitative estimate of drug-likeness (QED) is 0.536. The molecule has 1 aliphatic heterocycles. The van der Waals surface area contributed by atoms with E-state index in [0.29, 0.717) is 0 Å². The predicted octanol–water partition coefficient (Wildman–Crippen LogP) is 6.40. The fourth-order valence-electron chi connectivity index (χ4n) is 3.99. The van der Waals surface area contributed by atoms with Crippen LogP contribution in [0.5, 0.6) is 0 Å². The second-order valence-electron chi connectivity index (χ2n) is 6.95. The second kappa shape index (κ2) is 6.78. The average molecular weight is 372 g/mol. The summed E-state index contributed by atoms with van der Waals surface area (Å²) in [4.78, 5) is 17.4. The fourth-order valence-corrected chi connectivity index (χ4v) is 5.05. The molecule has 134 valence electrons. The van der Waals surface area contributed by atoms with Gasteiger partial charge in [0.2, 0.25) is 0 Å². The number of nitrogens with one attached hydrogen (secondary N) is 1. The smallest absolute Gasteiger partial charge is 0.307 e. The maximum atomic E-state index is 13.4. The Labute approximate surface area is 163 Å². The molecule has 0 aromatic heterocycles. The largest absolute Gasteiger partial charge is 0.331 e. The molecule has 3 aromatic carbocycles. The maximum Gasteiger partial charge on any atom is 0.331 e. The lowest BCUT2D eigenvalue weighted by Crippen LogP contribution is -2.33. The third kappa shape index (κ3) is 2.90. The van der Waals surface area contributed by atoms with E-state index in [2.05, 4.69) is 23.5 Å². The number of aryl methyl sites for hydroxylation is 1. The van der Waals surface area contributed by atoms with Crippen LogP contribution in [0.15, 0.2) is 76.5 Å². The molecule has 0 fully saturated rings. The first kappa shape index (κ1) is 16.5. The van der Waals surface area contributed by atoms with Crippen molar-refractivity contribution in [1.82, 2.24) is 0 Å². The second-order valence-corrected chi connectivity index (χ2v) is 8.04. The Morgan fingerprint density at radius 2 is 1.48 bits per heavy atom. The molecule has 1 N–H and O–H groups in total. The van der Waals surface area contributed by atoms with Crippen LogP contribution in [0, 0.1) is 0 Å². The fraction of sp³-hybridized carbons (Fsp3) is 0.174. The van der Waals surface area contributed by atoms with Gasteiger partial charge in [-0.1, -0.05) is 48.2 Å². The van der Waals surface area contributed by atoms with E-state index in [-0.39, 0.29) is 6.03 Å². The predicted molar refractivity (Wildman–Crippen MR) is 111 cm³/mol. The van der Waals surface area contributed by atoms with Crippen molar-refractivity contribution < 1.29 is 4.79 Å². The number of anilines is 3. The molecular formula is C23H20N2OS. The first-order valence-corrected chi connectivity index (χ1v) is 10.2. The molecule has 0 saturated carbocycles. The topological polar surface area (TPSA) is 32.3 Å². The number of hydrogen-bond acceptors (Lipinski definition) is 2. The van der Waals surface area contributed by atoms with Gasteiger partial charge >= 0.3 is 6.03 Å². The van der Waals surface area contributed by atoms with Crippen LogP contribution in [0.2, 0.25) is 0 Å². The molecule has 2 amide bonds. The molecule has 0 unspecified atom stereocenters. The zero-order valence-electron chi connectivity index (χ0n) is 14.9. The molecule has 0 spiro atoms. The van der Waals surface area contributed by atoms with Crippen LogP contribution in [0.25, 0.3) is 0 Å². The molecule has 0 radical (unpaired) electrons. The molecule has 3 aromatic rings. The third-order valence-corrected chi connectivity index (χ3v) is 6.40. The first-order chi connectivity index (χ1) is 13.3. The molecule has 1 aliphatic carbocycles. The minimum absolute atomic E-state index is 0.103. The number of benzene rings is 3. The summed E-state index contributed by atoms with van der Waals surface area (Å²) < 4.78 is 0. The summed E-state index contributed by atoms with van der Waals surface area (Å²) in [7, 11) is 0. The highest BCUT2D eigenvalue weighted by atomic mass is 32.2. The van der Waals surface area contributed by atoms with Gasteiger partial charge in [-0.15, -0.1) is 0 Å². The Balaban J connectivity index is 1.55. The Morgan fingerprint density at radius 3 is 2.22 bits per heavy atom. The van der Waals surface area contributed by atoms with Crippen molar-refractivity contribution in [3.05, 3.63) is 77.9 Å². The first-order valence-electron chi connectivity index (χ1n) is 9.39. The summed E-state index contributed by atoms with van der Waals surface area (Å²) in [5.41, 5.74) is 5.48. The summed E-state index contributed by atoms with van der Waals surface area (Å²) in [5, 5.41) is 3.20. The Morgan fingerprint density at radius 1 is 0.815 bits per heavy atom. The van der Waals surface area contributed by atoms with Crippen molar-refractivity contribution in [1.29, 1.82) is 0 Å². The Bertz CT molecular complexity index is 985. The average Bonchev–Trinajstić information content (AvgIpc) is 2.72. The lowest BCUT2D eigenvalue weighted by Gasteiger charge is -2.31. The molecule has 0 saturated heterocycles. The van der Waals surface area contributed by atoms with Gasteiger partial charge in [-0.2, -0.15) is 0 Å². The summed E-state index contributed by atoms with van der Waals surface area (Å²) in [6, 6.07) is 22.3. The van der Waals surface area contributed by atoms with Gasteiger partial charge in [-0.3, -0.25) is 4.90 Å². The van der Waals surface area contributed by atoms with E-state index >= 15 is 0 Å². The van der Waals surface area contributed by atoms with Crippen molar-refractivity contribution in [2.45, 2.75) is 35.5 Å². The Hall–Kier alpha value is -2.72. The monoisotopic (exact) mass is 372 g/mol. The van der Waals surface area contributed by atoms with E-state index in [9.17, 15) is 4.79 Å². The normalized spacial score (nSPS) is 14.7. The molecule has 3 nitrogen and oxygen atoms in total. The third-order valence-electron chi connectivity index (χ3n) is 5.27.